The maximum Gasteiger partial charge on any atom is 0.185 e. The zero-order chi connectivity index (χ0) is 10.8. The molecule has 3 nitrogen and oxygen atoms in total. The van der Waals surface area contributed by atoms with E-state index in [9.17, 15) is 4.79 Å². The van der Waals surface area contributed by atoms with Crippen LogP contribution in [0.5, 0.6) is 5.75 Å². The van der Waals surface area contributed by atoms with Crippen molar-refractivity contribution in [3.05, 3.63) is 29.5 Å². The van der Waals surface area contributed by atoms with E-state index in [-0.39, 0.29) is 0 Å². The first kappa shape index (κ1) is 9.77. The summed E-state index contributed by atoms with van der Waals surface area (Å²) in [6.45, 7) is 4.41. The van der Waals surface area contributed by atoms with Crippen molar-refractivity contribution in [3.8, 4) is 5.75 Å². The number of ether oxygens (including phenoxy) is 1. The average Bonchev–Trinajstić information content (AvgIpc) is 2.56. The normalized spacial score (nSPS) is 10.5. The predicted molar refractivity (Wildman–Crippen MR) is 57.5 cm³/mol. The van der Waals surface area contributed by atoms with Crippen LogP contribution >= 0.6 is 0 Å². The Morgan fingerprint density at radius 1 is 1.47 bits per heavy atom. The lowest BCUT2D eigenvalue weighted by atomic mass is 10.1. The first-order valence-electron chi connectivity index (χ1n) is 4.87. The van der Waals surface area contributed by atoms with Gasteiger partial charge in [-0.25, -0.2) is 0 Å². The van der Waals surface area contributed by atoms with Crippen LogP contribution in [-0.2, 0) is 0 Å². The molecule has 1 heterocycles. The number of hydrogen-bond donors (Lipinski definition) is 0. The molecule has 1 aromatic carbocycles. The van der Waals surface area contributed by atoms with Crippen molar-refractivity contribution in [1.29, 1.82) is 0 Å². The summed E-state index contributed by atoms with van der Waals surface area (Å²) >= 11 is 0. The molecule has 0 bridgehead atoms. The van der Waals surface area contributed by atoms with Crippen molar-refractivity contribution in [2.75, 3.05) is 6.61 Å². The number of carbonyl (C=O) groups is 1. The van der Waals surface area contributed by atoms with Crippen LogP contribution in [0.2, 0.25) is 0 Å². The van der Waals surface area contributed by atoms with Gasteiger partial charge in [-0.1, -0.05) is 0 Å². The Balaban J connectivity index is 2.57. The van der Waals surface area contributed by atoms with Gasteiger partial charge in [-0.2, -0.15) is 0 Å². The van der Waals surface area contributed by atoms with E-state index in [2.05, 4.69) is 0 Å². The van der Waals surface area contributed by atoms with Crippen molar-refractivity contribution in [1.82, 2.24) is 0 Å². The number of aldehydes is 1. The number of benzene rings is 1. The molecule has 3 heteroatoms. The quantitative estimate of drug-likeness (QED) is 0.721. The Labute approximate surface area is 87.6 Å². The highest BCUT2D eigenvalue weighted by molar-refractivity contribution is 5.90. The van der Waals surface area contributed by atoms with Crippen molar-refractivity contribution in [2.24, 2.45) is 0 Å². The standard InChI is InChI=1S/C12H12O3/c1-3-14-9-4-5-10-8(2)12(7-13)15-11(10)6-9/h4-7H,3H2,1-2H3. The Kier molecular flexibility index (Phi) is 2.46. The summed E-state index contributed by atoms with van der Waals surface area (Å²) in [5.74, 6) is 1.15. The summed E-state index contributed by atoms with van der Waals surface area (Å²) in [7, 11) is 0. The molecule has 15 heavy (non-hydrogen) atoms. The minimum Gasteiger partial charge on any atom is -0.494 e. The second-order valence-electron chi connectivity index (χ2n) is 3.30. The Morgan fingerprint density at radius 3 is 2.93 bits per heavy atom. The summed E-state index contributed by atoms with van der Waals surface area (Å²) in [4.78, 5) is 10.7. The van der Waals surface area contributed by atoms with Crippen LogP contribution in [0.4, 0.5) is 0 Å². The van der Waals surface area contributed by atoms with E-state index in [0.717, 1.165) is 23.0 Å². The van der Waals surface area contributed by atoms with E-state index >= 15 is 0 Å². The number of carbonyl (C=O) groups excluding carboxylic acids is 1. The average molecular weight is 204 g/mol. The molecule has 0 saturated carbocycles. The van der Waals surface area contributed by atoms with Gasteiger partial charge in [-0.15, -0.1) is 0 Å². The molecule has 0 radical (unpaired) electrons. The van der Waals surface area contributed by atoms with Crippen molar-refractivity contribution < 1.29 is 13.9 Å². The van der Waals surface area contributed by atoms with Gasteiger partial charge >= 0.3 is 0 Å². The monoisotopic (exact) mass is 204 g/mol. The van der Waals surface area contributed by atoms with E-state index in [4.69, 9.17) is 9.15 Å². The Bertz CT molecular complexity index is 497. The molecule has 0 fully saturated rings. The summed E-state index contributed by atoms with van der Waals surface area (Å²) in [5.41, 5.74) is 1.57. The third-order valence-corrected chi connectivity index (χ3v) is 2.36. The summed E-state index contributed by atoms with van der Waals surface area (Å²) in [5, 5.41) is 0.959. The number of aryl methyl sites for hydroxylation is 1. The maximum atomic E-state index is 10.7. The van der Waals surface area contributed by atoms with E-state index in [0.29, 0.717) is 18.0 Å². The minimum absolute atomic E-state index is 0.388. The van der Waals surface area contributed by atoms with Gasteiger partial charge in [0.2, 0.25) is 0 Å². The predicted octanol–water partition coefficient (Wildman–Crippen LogP) is 2.95. The Hall–Kier alpha value is -1.77. The second kappa shape index (κ2) is 3.77. The molecule has 0 atom stereocenters. The smallest absolute Gasteiger partial charge is 0.185 e. The third kappa shape index (κ3) is 1.61. The zero-order valence-electron chi connectivity index (χ0n) is 8.74. The summed E-state index contributed by atoms with van der Waals surface area (Å²) in [6.07, 6.45) is 0.732. The highest BCUT2D eigenvalue weighted by Gasteiger charge is 2.09. The van der Waals surface area contributed by atoms with E-state index < -0.39 is 0 Å². The van der Waals surface area contributed by atoms with Gasteiger partial charge in [-0.05, 0) is 26.0 Å². The van der Waals surface area contributed by atoms with Gasteiger partial charge in [0.05, 0.1) is 6.61 Å². The number of furan rings is 1. The first-order valence-corrected chi connectivity index (χ1v) is 4.87. The lowest BCUT2D eigenvalue weighted by molar-refractivity contribution is 0.110. The number of fused-ring (bicyclic) bond motifs is 1. The number of hydrogen-bond acceptors (Lipinski definition) is 3. The van der Waals surface area contributed by atoms with E-state index in [1.54, 1.807) is 6.07 Å². The van der Waals surface area contributed by atoms with Gasteiger partial charge in [0.15, 0.2) is 12.0 Å². The molecule has 2 aromatic rings. The second-order valence-corrected chi connectivity index (χ2v) is 3.30. The summed E-state index contributed by atoms with van der Waals surface area (Å²) in [6, 6.07) is 5.59. The van der Waals surface area contributed by atoms with Crippen molar-refractivity contribution in [2.45, 2.75) is 13.8 Å². The van der Waals surface area contributed by atoms with Crippen LogP contribution in [0.25, 0.3) is 11.0 Å². The van der Waals surface area contributed by atoms with Crippen LogP contribution in [0.15, 0.2) is 22.6 Å². The van der Waals surface area contributed by atoms with Crippen LogP contribution in [0.3, 0.4) is 0 Å². The fraction of sp³-hybridized carbons (Fsp3) is 0.250. The van der Waals surface area contributed by atoms with Crippen molar-refractivity contribution >= 4 is 17.3 Å². The topological polar surface area (TPSA) is 39.4 Å². The molecular formula is C12H12O3. The molecule has 0 aliphatic rings. The fourth-order valence-electron chi connectivity index (χ4n) is 1.59. The van der Waals surface area contributed by atoms with Gasteiger partial charge in [0.1, 0.15) is 11.3 Å². The molecule has 78 valence electrons. The third-order valence-electron chi connectivity index (χ3n) is 2.36. The molecule has 0 aliphatic carbocycles. The van der Waals surface area contributed by atoms with Gasteiger partial charge in [0, 0.05) is 17.0 Å². The van der Waals surface area contributed by atoms with Gasteiger partial charge < -0.3 is 9.15 Å². The van der Waals surface area contributed by atoms with Crippen LogP contribution in [0.1, 0.15) is 23.0 Å². The molecular weight excluding hydrogens is 192 g/mol. The first-order chi connectivity index (χ1) is 7.26. The molecule has 1 aromatic heterocycles. The molecule has 0 saturated heterocycles. The Morgan fingerprint density at radius 2 is 2.27 bits per heavy atom. The highest BCUT2D eigenvalue weighted by Crippen LogP contribution is 2.27. The lowest BCUT2D eigenvalue weighted by Gasteiger charge is -2.01. The molecule has 0 spiro atoms. The van der Waals surface area contributed by atoms with E-state index in [1.165, 1.54) is 0 Å². The lowest BCUT2D eigenvalue weighted by Crippen LogP contribution is -1.90. The molecule has 0 unspecified atom stereocenters. The number of rotatable bonds is 3. The van der Waals surface area contributed by atoms with Crippen molar-refractivity contribution in [3.63, 3.8) is 0 Å². The largest absolute Gasteiger partial charge is 0.494 e. The molecule has 0 aliphatic heterocycles. The van der Waals surface area contributed by atoms with Gasteiger partial charge in [0.25, 0.3) is 0 Å². The summed E-state index contributed by atoms with van der Waals surface area (Å²) < 4.78 is 10.7. The fourth-order valence-corrected chi connectivity index (χ4v) is 1.59. The highest BCUT2D eigenvalue weighted by atomic mass is 16.5. The molecule has 0 N–H and O–H groups in total. The zero-order valence-corrected chi connectivity index (χ0v) is 8.74. The van der Waals surface area contributed by atoms with Gasteiger partial charge in [-0.3, -0.25) is 4.79 Å². The molecule has 2 rings (SSSR count). The van der Waals surface area contributed by atoms with Crippen LogP contribution in [-0.4, -0.2) is 12.9 Å². The molecule has 0 amide bonds. The SMILES string of the molecule is CCOc1ccc2c(C)c(C=O)oc2c1. The minimum atomic E-state index is 0.388. The maximum absolute atomic E-state index is 10.7. The van der Waals surface area contributed by atoms with E-state index in [1.807, 2.05) is 26.0 Å². The van der Waals surface area contributed by atoms with Crippen LogP contribution < -0.4 is 4.74 Å². The van der Waals surface area contributed by atoms with Crippen LogP contribution in [0, 0.1) is 6.92 Å².